The molecule has 0 atom stereocenters. The first kappa shape index (κ1) is 13.0. The summed E-state index contributed by atoms with van der Waals surface area (Å²) in [6, 6.07) is 12.1. The summed E-state index contributed by atoms with van der Waals surface area (Å²) in [7, 11) is 0. The highest BCUT2D eigenvalue weighted by molar-refractivity contribution is 5.72. The molecular weight excluding hydrogens is 272 g/mol. The Labute approximate surface area is 129 Å². The molecule has 4 nitrogen and oxygen atoms in total. The second-order valence-corrected chi connectivity index (χ2v) is 6.00. The molecule has 108 valence electrons. The summed E-state index contributed by atoms with van der Waals surface area (Å²) in [5, 5.41) is 9.06. The summed E-state index contributed by atoms with van der Waals surface area (Å²) in [6.07, 6.45) is 4.31. The van der Waals surface area contributed by atoms with E-state index in [1.54, 1.807) is 0 Å². The Morgan fingerprint density at radius 1 is 1.32 bits per heavy atom. The van der Waals surface area contributed by atoms with Crippen molar-refractivity contribution in [1.29, 1.82) is 5.26 Å². The molecule has 1 aromatic carbocycles. The molecule has 0 aliphatic heterocycles. The first-order chi connectivity index (χ1) is 10.7. The Morgan fingerprint density at radius 2 is 2.18 bits per heavy atom. The van der Waals surface area contributed by atoms with E-state index in [4.69, 9.17) is 10.2 Å². The predicted octanol–water partition coefficient (Wildman–Crippen LogP) is 3.54. The van der Waals surface area contributed by atoms with Crippen molar-refractivity contribution < 1.29 is 0 Å². The molecule has 0 unspecified atom stereocenters. The van der Waals surface area contributed by atoms with Crippen LogP contribution in [0.5, 0.6) is 0 Å². The van der Waals surface area contributed by atoms with E-state index >= 15 is 0 Å². The zero-order chi connectivity index (χ0) is 15.1. The maximum absolute atomic E-state index is 9.06. The van der Waals surface area contributed by atoms with Gasteiger partial charge in [-0.1, -0.05) is 12.1 Å². The summed E-state index contributed by atoms with van der Waals surface area (Å²) in [5.74, 6) is 1.70. The molecule has 4 heteroatoms. The molecule has 0 amide bonds. The SMILES string of the molecule is Cc1cnc2c(c1)nc(C1CC1)n2Cc1cccc(C#N)c1. The molecule has 2 aromatic heterocycles. The highest BCUT2D eigenvalue weighted by Gasteiger charge is 2.30. The first-order valence-electron chi connectivity index (χ1n) is 7.56. The Morgan fingerprint density at radius 3 is 2.95 bits per heavy atom. The van der Waals surface area contributed by atoms with E-state index in [0.717, 1.165) is 28.1 Å². The number of nitrogens with zero attached hydrogens (tertiary/aromatic N) is 4. The van der Waals surface area contributed by atoms with Gasteiger partial charge in [0.25, 0.3) is 0 Å². The number of nitriles is 1. The van der Waals surface area contributed by atoms with Crippen LogP contribution in [-0.2, 0) is 6.54 Å². The van der Waals surface area contributed by atoms with Crippen LogP contribution < -0.4 is 0 Å². The Hall–Kier alpha value is -2.67. The van der Waals surface area contributed by atoms with Crippen molar-refractivity contribution in [2.75, 3.05) is 0 Å². The molecule has 3 aromatic rings. The van der Waals surface area contributed by atoms with Gasteiger partial charge in [0.2, 0.25) is 0 Å². The lowest BCUT2D eigenvalue weighted by Gasteiger charge is -2.08. The number of hydrogen-bond acceptors (Lipinski definition) is 3. The van der Waals surface area contributed by atoms with Crippen LogP contribution in [0.25, 0.3) is 11.2 Å². The molecule has 0 saturated heterocycles. The highest BCUT2D eigenvalue weighted by atomic mass is 15.1. The lowest BCUT2D eigenvalue weighted by atomic mass is 10.1. The topological polar surface area (TPSA) is 54.5 Å². The number of fused-ring (bicyclic) bond motifs is 1. The van der Waals surface area contributed by atoms with E-state index in [2.05, 4.69) is 27.8 Å². The van der Waals surface area contributed by atoms with Gasteiger partial charge in [-0.25, -0.2) is 9.97 Å². The van der Waals surface area contributed by atoms with E-state index in [1.807, 2.05) is 31.3 Å². The predicted molar refractivity (Wildman–Crippen MR) is 84.5 cm³/mol. The molecule has 22 heavy (non-hydrogen) atoms. The summed E-state index contributed by atoms with van der Waals surface area (Å²) in [4.78, 5) is 9.40. The number of aryl methyl sites for hydroxylation is 1. The average molecular weight is 288 g/mol. The average Bonchev–Trinajstić information content (AvgIpc) is 3.31. The second kappa shape index (κ2) is 4.96. The van der Waals surface area contributed by atoms with Crippen LogP contribution >= 0.6 is 0 Å². The van der Waals surface area contributed by atoms with Gasteiger partial charge in [0.15, 0.2) is 5.65 Å². The van der Waals surface area contributed by atoms with Gasteiger partial charge in [-0.05, 0) is 49.1 Å². The van der Waals surface area contributed by atoms with Crippen molar-refractivity contribution >= 4 is 11.2 Å². The van der Waals surface area contributed by atoms with Crippen LogP contribution in [0.1, 0.15) is 41.3 Å². The number of aromatic nitrogens is 3. The molecule has 1 aliphatic rings. The lowest BCUT2D eigenvalue weighted by Crippen LogP contribution is -2.05. The van der Waals surface area contributed by atoms with Crippen molar-refractivity contribution in [2.45, 2.75) is 32.2 Å². The summed E-state index contributed by atoms with van der Waals surface area (Å²) in [6.45, 7) is 2.76. The Kier molecular flexibility index (Phi) is 2.93. The smallest absolute Gasteiger partial charge is 0.160 e. The van der Waals surface area contributed by atoms with Gasteiger partial charge >= 0.3 is 0 Å². The fourth-order valence-electron chi connectivity index (χ4n) is 2.86. The van der Waals surface area contributed by atoms with Gasteiger partial charge in [-0.15, -0.1) is 0 Å². The molecule has 1 saturated carbocycles. The first-order valence-corrected chi connectivity index (χ1v) is 7.56. The van der Waals surface area contributed by atoms with E-state index in [1.165, 1.54) is 12.8 Å². The van der Waals surface area contributed by atoms with Crippen LogP contribution in [0, 0.1) is 18.3 Å². The number of pyridine rings is 1. The zero-order valence-electron chi connectivity index (χ0n) is 12.5. The molecule has 4 rings (SSSR count). The molecule has 0 N–H and O–H groups in total. The summed E-state index contributed by atoms with van der Waals surface area (Å²) >= 11 is 0. The monoisotopic (exact) mass is 288 g/mol. The van der Waals surface area contributed by atoms with Crippen molar-refractivity contribution in [1.82, 2.24) is 14.5 Å². The van der Waals surface area contributed by atoms with E-state index < -0.39 is 0 Å². The summed E-state index contributed by atoms with van der Waals surface area (Å²) in [5.41, 5.74) is 4.85. The largest absolute Gasteiger partial charge is 0.308 e. The maximum atomic E-state index is 9.06. The fraction of sp³-hybridized carbons (Fsp3) is 0.278. The van der Waals surface area contributed by atoms with Crippen LogP contribution in [0.3, 0.4) is 0 Å². The van der Waals surface area contributed by atoms with Gasteiger partial charge in [0.05, 0.1) is 18.2 Å². The van der Waals surface area contributed by atoms with Crippen LogP contribution in [0.4, 0.5) is 0 Å². The van der Waals surface area contributed by atoms with Gasteiger partial charge in [-0.2, -0.15) is 5.26 Å². The fourth-order valence-corrected chi connectivity index (χ4v) is 2.86. The zero-order valence-corrected chi connectivity index (χ0v) is 12.5. The molecule has 0 spiro atoms. The van der Waals surface area contributed by atoms with E-state index in [0.29, 0.717) is 18.0 Å². The number of benzene rings is 1. The molecule has 1 aliphatic carbocycles. The number of hydrogen-bond donors (Lipinski definition) is 0. The quantitative estimate of drug-likeness (QED) is 0.740. The third kappa shape index (κ3) is 2.25. The van der Waals surface area contributed by atoms with Gasteiger partial charge in [0, 0.05) is 12.1 Å². The molecule has 2 heterocycles. The van der Waals surface area contributed by atoms with Crippen molar-refractivity contribution in [2.24, 2.45) is 0 Å². The van der Waals surface area contributed by atoms with Gasteiger partial charge < -0.3 is 4.57 Å². The van der Waals surface area contributed by atoms with Crippen LogP contribution in [0.15, 0.2) is 36.5 Å². The van der Waals surface area contributed by atoms with Crippen LogP contribution in [0.2, 0.25) is 0 Å². The lowest BCUT2D eigenvalue weighted by molar-refractivity contribution is 0.740. The standard InChI is InChI=1S/C18H16N4/c1-12-7-16-18(20-10-12)22(17(21-16)15-5-6-15)11-14-4-2-3-13(8-14)9-19/h2-4,7-8,10,15H,5-6,11H2,1H3. The van der Waals surface area contributed by atoms with Gasteiger partial charge in [-0.3, -0.25) is 0 Å². The van der Waals surface area contributed by atoms with Crippen LogP contribution in [-0.4, -0.2) is 14.5 Å². The minimum atomic E-state index is 0.564. The van der Waals surface area contributed by atoms with Crippen molar-refractivity contribution in [3.8, 4) is 6.07 Å². The number of rotatable bonds is 3. The third-order valence-electron chi connectivity index (χ3n) is 4.09. The minimum Gasteiger partial charge on any atom is -0.308 e. The molecule has 0 radical (unpaired) electrons. The minimum absolute atomic E-state index is 0.564. The van der Waals surface area contributed by atoms with Gasteiger partial charge in [0.1, 0.15) is 11.3 Å². The highest BCUT2D eigenvalue weighted by Crippen LogP contribution is 2.40. The molecule has 1 fully saturated rings. The van der Waals surface area contributed by atoms with Crippen molar-refractivity contribution in [3.05, 3.63) is 59.0 Å². The maximum Gasteiger partial charge on any atom is 0.160 e. The Bertz CT molecular complexity index is 897. The Balaban J connectivity index is 1.82. The van der Waals surface area contributed by atoms with E-state index in [-0.39, 0.29) is 0 Å². The third-order valence-corrected chi connectivity index (χ3v) is 4.09. The molecule has 0 bridgehead atoms. The number of imidazole rings is 1. The van der Waals surface area contributed by atoms with Crippen molar-refractivity contribution in [3.63, 3.8) is 0 Å². The molecular formula is C18H16N4. The van der Waals surface area contributed by atoms with E-state index in [9.17, 15) is 0 Å². The normalized spacial score (nSPS) is 14.2. The summed E-state index contributed by atoms with van der Waals surface area (Å²) < 4.78 is 2.21. The second-order valence-electron chi connectivity index (χ2n) is 6.00.